The van der Waals surface area contributed by atoms with Gasteiger partial charge < -0.3 is 19.4 Å². The molecule has 0 aromatic heterocycles. The summed E-state index contributed by atoms with van der Waals surface area (Å²) in [5.74, 6) is 0.392. The fourth-order valence-electron chi connectivity index (χ4n) is 7.71. The Bertz CT molecular complexity index is 769. The van der Waals surface area contributed by atoms with Crippen molar-refractivity contribution in [3.63, 3.8) is 0 Å². The van der Waals surface area contributed by atoms with E-state index in [4.69, 9.17) is 14.2 Å². The largest absolute Gasteiger partial charge is 0.462 e. The fourth-order valence-corrected chi connectivity index (χ4v) is 7.71. The van der Waals surface area contributed by atoms with Gasteiger partial charge in [0, 0.05) is 31.1 Å². The molecule has 1 heterocycles. The van der Waals surface area contributed by atoms with E-state index in [2.05, 4.69) is 25.1 Å². The lowest BCUT2D eigenvalue weighted by atomic mass is 9.47. The van der Waals surface area contributed by atoms with Crippen molar-refractivity contribution in [2.75, 3.05) is 13.2 Å². The summed E-state index contributed by atoms with van der Waals surface area (Å²) in [7, 11) is 0. The molecule has 3 saturated carbocycles. The van der Waals surface area contributed by atoms with E-state index in [1.807, 2.05) is 0 Å². The van der Waals surface area contributed by atoms with Crippen LogP contribution in [0.3, 0.4) is 0 Å². The first-order valence-corrected chi connectivity index (χ1v) is 11.2. The van der Waals surface area contributed by atoms with Gasteiger partial charge in [0.2, 0.25) is 0 Å². The predicted octanol–water partition coefficient (Wildman–Crippen LogP) is 4.06. The number of nitrogens with zero attached hydrogens (tertiary/aromatic N) is 1. The molecule has 1 N–H and O–H groups in total. The summed E-state index contributed by atoms with van der Waals surface area (Å²) in [6, 6.07) is 0. The third kappa shape index (κ3) is 2.61. The Morgan fingerprint density at radius 3 is 2.55 bits per heavy atom. The molecule has 4 fully saturated rings. The van der Waals surface area contributed by atoms with E-state index in [-0.39, 0.29) is 28.8 Å². The Morgan fingerprint density at radius 1 is 1.14 bits per heavy atom. The maximum atomic E-state index is 11.5. The zero-order valence-corrected chi connectivity index (χ0v) is 17.8. The van der Waals surface area contributed by atoms with Crippen LogP contribution in [-0.2, 0) is 19.0 Å². The number of fused-ring (bicyclic) bond motifs is 6. The number of carbonyl (C=O) groups is 1. The molecule has 6 atom stereocenters. The van der Waals surface area contributed by atoms with Crippen molar-refractivity contribution in [2.45, 2.75) is 77.6 Å². The minimum absolute atomic E-state index is 0.0444. The van der Waals surface area contributed by atoms with Crippen LogP contribution in [-0.4, -0.2) is 42.0 Å². The first-order valence-electron chi connectivity index (χ1n) is 11.2. The SMILES string of the molecule is CC(=O)O[C@H]1CC[C@@]2(C)C(=C/C(=N/O)C3C2CC[C@@]2(C)C3CCC23OCCO3)C1. The first-order chi connectivity index (χ1) is 13.8. The number of hydrogen-bond donors (Lipinski definition) is 1. The lowest BCUT2D eigenvalue weighted by Gasteiger charge is -2.58. The number of esters is 1. The summed E-state index contributed by atoms with van der Waals surface area (Å²) >= 11 is 0. The van der Waals surface area contributed by atoms with Gasteiger partial charge in [0.05, 0.1) is 18.9 Å². The monoisotopic (exact) mass is 403 g/mol. The molecular weight excluding hydrogens is 370 g/mol. The fraction of sp³-hybridized carbons (Fsp3) is 0.826. The molecule has 3 unspecified atom stereocenters. The molecule has 5 rings (SSSR count). The van der Waals surface area contributed by atoms with Crippen molar-refractivity contribution in [2.24, 2.45) is 33.7 Å². The number of oxime groups is 1. The Morgan fingerprint density at radius 2 is 1.86 bits per heavy atom. The predicted molar refractivity (Wildman–Crippen MR) is 106 cm³/mol. The molecule has 1 saturated heterocycles. The molecule has 0 aromatic carbocycles. The summed E-state index contributed by atoms with van der Waals surface area (Å²) in [4.78, 5) is 11.5. The third-order valence-corrected chi connectivity index (χ3v) is 9.17. The normalized spacial score (nSPS) is 46.7. The van der Waals surface area contributed by atoms with Gasteiger partial charge in [-0.05, 0) is 55.4 Å². The number of carbonyl (C=O) groups excluding carboxylic acids is 1. The van der Waals surface area contributed by atoms with E-state index in [1.54, 1.807) is 0 Å². The topological polar surface area (TPSA) is 77.4 Å². The number of ether oxygens (including phenoxy) is 3. The molecule has 0 bridgehead atoms. The Hall–Kier alpha value is -1.40. The van der Waals surface area contributed by atoms with Gasteiger partial charge in [0.25, 0.3) is 0 Å². The summed E-state index contributed by atoms with van der Waals surface area (Å²) in [6.07, 6.45) is 8.85. The first kappa shape index (κ1) is 19.6. The Labute approximate surface area is 172 Å². The highest BCUT2D eigenvalue weighted by Gasteiger charge is 2.67. The minimum atomic E-state index is -0.457. The molecule has 0 aromatic rings. The van der Waals surface area contributed by atoms with Crippen LogP contribution in [0.1, 0.15) is 65.7 Å². The Balaban J connectivity index is 1.50. The van der Waals surface area contributed by atoms with Gasteiger partial charge in [-0.2, -0.15) is 0 Å². The van der Waals surface area contributed by atoms with Crippen LogP contribution in [0.4, 0.5) is 0 Å². The van der Waals surface area contributed by atoms with Gasteiger partial charge in [-0.25, -0.2) is 0 Å². The molecule has 5 aliphatic rings. The summed E-state index contributed by atoms with van der Waals surface area (Å²) in [5.41, 5.74) is 2.12. The second-order valence-electron chi connectivity index (χ2n) is 10.3. The van der Waals surface area contributed by atoms with Crippen LogP contribution in [0.15, 0.2) is 16.8 Å². The van der Waals surface area contributed by atoms with E-state index in [1.165, 1.54) is 12.5 Å². The van der Waals surface area contributed by atoms with Crippen molar-refractivity contribution in [1.82, 2.24) is 0 Å². The van der Waals surface area contributed by atoms with Gasteiger partial charge in [0.1, 0.15) is 6.10 Å². The molecule has 1 aliphatic heterocycles. The highest BCUT2D eigenvalue weighted by molar-refractivity contribution is 5.99. The number of rotatable bonds is 1. The van der Waals surface area contributed by atoms with Crippen molar-refractivity contribution < 1.29 is 24.2 Å². The van der Waals surface area contributed by atoms with E-state index in [0.29, 0.717) is 25.0 Å². The summed E-state index contributed by atoms with van der Waals surface area (Å²) in [6.45, 7) is 7.54. The third-order valence-electron chi connectivity index (χ3n) is 9.17. The zero-order valence-electron chi connectivity index (χ0n) is 17.8. The molecule has 29 heavy (non-hydrogen) atoms. The van der Waals surface area contributed by atoms with Crippen LogP contribution in [0.25, 0.3) is 0 Å². The molecular formula is C23H33NO5. The standard InChI is InChI=1S/C23H33NO5/c1-14(25)29-16-4-7-21(2)15(12-16)13-19(24-26)20-17(21)5-8-22(3)18(20)6-9-23(22)27-10-11-28-23/h13,16-18,20,26H,4-12H2,1-3H3/b24-19-/t16-,17?,18?,20?,21-,22-/m0/s1. The van der Waals surface area contributed by atoms with E-state index >= 15 is 0 Å². The van der Waals surface area contributed by atoms with E-state index < -0.39 is 5.79 Å². The van der Waals surface area contributed by atoms with Gasteiger partial charge in [-0.15, -0.1) is 0 Å². The average Bonchev–Trinajstić information content (AvgIpc) is 3.28. The van der Waals surface area contributed by atoms with Crippen molar-refractivity contribution in [3.05, 3.63) is 11.6 Å². The van der Waals surface area contributed by atoms with Crippen LogP contribution < -0.4 is 0 Å². The van der Waals surface area contributed by atoms with E-state index in [0.717, 1.165) is 50.7 Å². The highest BCUT2D eigenvalue weighted by Crippen LogP contribution is 2.68. The highest BCUT2D eigenvalue weighted by atomic mass is 16.7. The minimum Gasteiger partial charge on any atom is -0.462 e. The molecule has 160 valence electrons. The molecule has 6 nitrogen and oxygen atoms in total. The second kappa shape index (κ2) is 6.55. The van der Waals surface area contributed by atoms with Crippen LogP contribution in [0, 0.1) is 28.6 Å². The van der Waals surface area contributed by atoms with Gasteiger partial charge in [0.15, 0.2) is 5.79 Å². The lowest BCUT2D eigenvalue weighted by Crippen LogP contribution is -2.57. The summed E-state index contributed by atoms with van der Waals surface area (Å²) < 4.78 is 18.0. The maximum Gasteiger partial charge on any atom is 0.302 e. The van der Waals surface area contributed by atoms with Crippen molar-refractivity contribution >= 4 is 11.7 Å². The molecule has 4 aliphatic carbocycles. The lowest BCUT2D eigenvalue weighted by molar-refractivity contribution is -0.238. The van der Waals surface area contributed by atoms with Crippen molar-refractivity contribution in [3.8, 4) is 0 Å². The summed E-state index contributed by atoms with van der Waals surface area (Å²) in [5, 5.41) is 13.8. The van der Waals surface area contributed by atoms with Crippen LogP contribution >= 0.6 is 0 Å². The Kier molecular flexibility index (Phi) is 4.42. The molecule has 1 spiro atoms. The zero-order chi connectivity index (χ0) is 20.4. The van der Waals surface area contributed by atoms with Gasteiger partial charge in [-0.3, -0.25) is 4.79 Å². The molecule has 6 heteroatoms. The smallest absolute Gasteiger partial charge is 0.302 e. The van der Waals surface area contributed by atoms with Crippen LogP contribution in [0.2, 0.25) is 0 Å². The van der Waals surface area contributed by atoms with Crippen molar-refractivity contribution in [1.29, 1.82) is 0 Å². The van der Waals surface area contributed by atoms with Crippen LogP contribution in [0.5, 0.6) is 0 Å². The average molecular weight is 404 g/mol. The number of allylic oxidation sites excluding steroid dienone is 1. The van der Waals surface area contributed by atoms with Gasteiger partial charge >= 0.3 is 5.97 Å². The molecule has 0 amide bonds. The number of hydrogen-bond acceptors (Lipinski definition) is 6. The quantitative estimate of drug-likeness (QED) is 0.406. The van der Waals surface area contributed by atoms with E-state index in [9.17, 15) is 10.0 Å². The van der Waals surface area contributed by atoms with Gasteiger partial charge in [-0.1, -0.05) is 24.6 Å². The maximum absolute atomic E-state index is 11.5. The molecule has 0 radical (unpaired) electrons. The second-order valence-corrected chi connectivity index (χ2v) is 10.3.